The molecule has 0 saturated carbocycles. The van der Waals surface area contributed by atoms with E-state index in [4.69, 9.17) is 20.3 Å². The van der Waals surface area contributed by atoms with E-state index in [1.807, 2.05) is 180 Å². The number of halogens is 1. The Balaban J connectivity index is 0.000000230. The molecule has 0 amide bonds. The van der Waals surface area contributed by atoms with Gasteiger partial charge in [0.15, 0.2) is 22.5 Å². The smallest absolute Gasteiger partial charge is 0.330 e. The minimum atomic E-state index is -0.463. The van der Waals surface area contributed by atoms with Crippen LogP contribution in [-0.2, 0) is 48.6 Å². The number of aromatic nitrogens is 10. The van der Waals surface area contributed by atoms with E-state index in [1.54, 1.807) is 96.5 Å². The van der Waals surface area contributed by atoms with Crippen molar-refractivity contribution in [2.45, 2.75) is 301 Å². The molecule has 145 heavy (non-hydrogen) atoms. The summed E-state index contributed by atoms with van der Waals surface area (Å²) in [5.41, 5.74) is 9.45. The number of carbonyl (C=O) groups is 2. The Morgan fingerprint density at radius 3 is 1.37 bits per heavy atom. The van der Waals surface area contributed by atoms with E-state index in [0.717, 1.165) is 159 Å². The Labute approximate surface area is 885 Å². The maximum absolute atomic E-state index is 13.8. The lowest BCUT2D eigenvalue weighted by molar-refractivity contribution is -0.587. The molecule has 13 rings (SSSR count). The largest absolute Gasteiger partial charge is 0.618 e. The van der Waals surface area contributed by atoms with Gasteiger partial charge < -0.3 is 52.5 Å². The van der Waals surface area contributed by atoms with Crippen LogP contribution in [0.15, 0.2) is 179 Å². The first-order valence-corrected chi connectivity index (χ1v) is 54.0. The number of fused-ring (bicyclic) bond motifs is 6. The van der Waals surface area contributed by atoms with Gasteiger partial charge in [0, 0.05) is 180 Å². The third kappa shape index (κ3) is 41.1. The SMILES string of the molecule is CC(=O)c1cncc(OC(C)(C)C)c1.CC(C)(C)Sc1ccc2cc3c([n+]([O-])c2c1)CCCC3.CCOC(=O)/C=C/c1ccc(SC(C)(C)C)cc1F.CN(C)CCCn1cc(C#N)c(=O)c2cc(SC(C)(C)C)ccc21.CN(C)CCn1cc(C#N)c(=O)c2cc(SC(C)(C)C)ccc21.Cc1nc2cc(SC(C)(C)C)cnc2c(=N)n1CCCN(C)C.Cc1nc2cc(SC(C)(C)C)cnc2c(=N)n1CCN(C)C. The highest BCUT2D eigenvalue weighted by atomic mass is 32.2. The molecule has 0 spiro atoms. The van der Waals surface area contributed by atoms with Crippen LogP contribution in [-0.4, -0.2) is 198 Å². The van der Waals surface area contributed by atoms with Crippen molar-refractivity contribution in [3.8, 4) is 17.9 Å². The number of nitriles is 2. The third-order valence-electron chi connectivity index (χ3n) is 20.9. The van der Waals surface area contributed by atoms with Gasteiger partial charge in [-0.25, -0.2) is 29.1 Å². The Bertz CT molecular complexity index is 6850. The minimum absolute atomic E-state index is 0.00291. The Morgan fingerprint density at radius 1 is 0.517 bits per heavy atom. The lowest BCUT2D eigenvalue weighted by Crippen LogP contribution is -2.35. The number of esters is 1. The standard InChI is InChI=1S/C19H25N3OS.C18H23N3OS.C17H27N5S.C17H21NOS.C16H25N5S.C15H19FO2S.C11H15NO2/c1-19(2,3)24-15-7-8-17-16(11-15)18(23)14(12-20)13-22(17)10-6-9-21(4)5;1-18(2,3)23-14-6-7-16-15(10-14)17(22)13(11-19)12-21(16)9-8-20(4)5;1-12-20-14-10-13(23-17(2,3)4)11-19-15(14)16(18)22(12)9-7-8-21(5)6;1-17(2,3)20-14-9-8-13-10-12-6-4-5-7-15(12)18(19)16(13)11-14;1-11-19-13-9-12(22-16(2,3)4)10-18-14(13)15(17)21(11)8-7-20(5)6;1-5-18-14(17)9-7-11-6-8-12(10-13(11)16)19-15(2,3)4;1-8(13)9-5-10(7-12-6-9)14-11(2,3)4/h7-8,11,13H,6,9-10H2,1-5H3;6-7,10,12H,8-9H2,1-5H3;10-11,18H,7-9H2,1-6H3;8-11H,4-7H2,1-3H3;9-10,17H,7-8H2,1-6H3;6-10H,5H2,1-4H3;5-7H,1-4H3/b;;;;;9-7+;. The van der Waals surface area contributed by atoms with Crippen LogP contribution >= 0.6 is 70.6 Å². The second-order valence-corrected chi connectivity index (χ2v) is 55.0. The van der Waals surface area contributed by atoms with Gasteiger partial charge in [-0.2, -0.15) is 15.3 Å². The fraction of sp³-hybridized carbons (Fsp3) is 0.487. The molecule has 32 heteroatoms. The summed E-state index contributed by atoms with van der Waals surface area (Å²) < 4.78 is 33.9. The van der Waals surface area contributed by atoms with E-state index in [2.05, 4.69) is 214 Å². The van der Waals surface area contributed by atoms with E-state index in [9.17, 15) is 39.3 Å². The van der Waals surface area contributed by atoms with Gasteiger partial charge in [-0.15, -0.1) is 70.6 Å². The number of carbonyl (C=O) groups excluding carboxylic acids is 2. The van der Waals surface area contributed by atoms with Crippen LogP contribution < -0.4 is 31.3 Å². The minimum Gasteiger partial charge on any atom is -0.618 e. The predicted molar refractivity (Wildman–Crippen MR) is 605 cm³/mol. The number of aryl methyl sites for hydroxylation is 4. The molecule has 0 fully saturated rings. The monoisotopic (exact) mass is 2090 g/mol. The summed E-state index contributed by atoms with van der Waals surface area (Å²) in [5, 5.41) is 50.3. The van der Waals surface area contributed by atoms with E-state index in [1.165, 1.54) is 52.9 Å². The van der Waals surface area contributed by atoms with E-state index >= 15 is 0 Å². The van der Waals surface area contributed by atoms with Gasteiger partial charge in [0.2, 0.25) is 16.4 Å². The van der Waals surface area contributed by atoms with Crippen molar-refractivity contribution in [2.75, 3.05) is 89.2 Å². The molecule has 25 nitrogen and oxygen atoms in total. The number of ether oxygens (including phenoxy) is 2. The van der Waals surface area contributed by atoms with Crippen LogP contribution in [0.4, 0.5) is 4.39 Å². The topological polar surface area (TPSA) is 306 Å². The molecule has 1 aliphatic rings. The number of nitrogens with one attached hydrogen (secondary N) is 2. The quantitative estimate of drug-likeness (QED) is 0.0134. The van der Waals surface area contributed by atoms with Crippen molar-refractivity contribution >= 4 is 143 Å². The van der Waals surface area contributed by atoms with Gasteiger partial charge in [0.25, 0.3) is 0 Å². The molecule has 782 valence electrons. The molecule has 0 atom stereocenters. The number of likely N-dealkylation sites (N-methyl/N-ethyl adjacent to an activating group) is 2. The molecule has 0 bridgehead atoms. The molecular formula is C113H155FN18O7S6. The zero-order chi connectivity index (χ0) is 108. The van der Waals surface area contributed by atoms with Crippen molar-refractivity contribution in [1.82, 2.24) is 62.8 Å². The van der Waals surface area contributed by atoms with Gasteiger partial charge in [0.1, 0.15) is 63.1 Å². The first-order chi connectivity index (χ1) is 67.4. The third-order valence-corrected chi connectivity index (χ3v) is 27.5. The number of rotatable bonds is 25. The highest BCUT2D eigenvalue weighted by molar-refractivity contribution is 8.01. The molecule has 8 aromatic heterocycles. The summed E-state index contributed by atoms with van der Waals surface area (Å²) in [6.45, 7) is 58.8. The molecular weight excluding hydrogens is 1930 g/mol. The predicted octanol–water partition coefficient (Wildman–Crippen LogP) is 23.8. The summed E-state index contributed by atoms with van der Waals surface area (Å²) >= 11 is 10.4. The van der Waals surface area contributed by atoms with E-state index < -0.39 is 5.97 Å². The van der Waals surface area contributed by atoms with Crippen molar-refractivity contribution in [3.05, 3.63) is 228 Å². The average Bonchev–Trinajstić information content (AvgIpc) is 0.815. The zero-order valence-electron chi connectivity index (χ0n) is 91.8. The van der Waals surface area contributed by atoms with E-state index in [-0.39, 0.29) is 67.7 Å². The van der Waals surface area contributed by atoms with E-state index in [0.29, 0.717) is 56.3 Å². The van der Waals surface area contributed by atoms with Crippen molar-refractivity contribution < 1.29 is 28.2 Å². The fourth-order valence-corrected chi connectivity index (χ4v) is 21.0. The van der Waals surface area contributed by atoms with Crippen molar-refractivity contribution in [3.63, 3.8) is 0 Å². The number of pyridine rings is 6. The van der Waals surface area contributed by atoms with Gasteiger partial charge in [-0.1, -0.05) is 131 Å². The Kier molecular flexibility index (Phi) is 45.4. The zero-order valence-corrected chi connectivity index (χ0v) is 96.7. The van der Waals surface area contributed by atoms with Crippen molar-refractivity contribution in [2.24, 2.45) is 0 Å². The summed E-state index contributed by atoms with van der Waals surface area (Å²) in [7, 11) is 16.3. The van der Waals surface area contributed by atoms with Crippen LogP contribution in [0, 0.1) is 58.4 Å². The van der Waals surface area contributed by atoms with Gasteiger partial charge in [-0.05, 0) is 241 Å². The molecule has 2 N–H and O–H groups in total. The number of thioether (sulfide) groups is 6. The number of benzene rings is 4. The van der Waals surface area contributed by atoms with Gasteiger partial charge in [0.05, 0.1) is 34.9 Å². The Morgan fingerprint density at radius 2 is 0.931 bits per heavy atom. The first kappa shape index (κ1) is 122. The van der Waals surface area contributed by atoms with Crippen molar-refractivity contribution in [1.29, 1.82) is 21.3 Å². The van der Waals surface area contributed by atoms with Crippen LogP contribution in [0.1, 0.15) is 235 Å². The number of nitrogens with zero attached hydrogens (tertiary/aromatic N) is 16. The lowest BCUT2D eigenvalue weighted by atomic mass is 9.94. The number of ketones is 1. The molecule has 8 heterocycles. The number of hydrogen-bond donors (Lipinski definition) is 2. The molecule has 0 saturated heterocycles. The summed E-state index contributed by atoms with van der Waals surface area (Å²) in [6.07, 6.45) is 19.2. The lowest BCUT2D eigenvalue weighted by Gasteiger charge is -2.20. The van der Waals surface area contributed by atoms with Crippen LogP contribution in [0.3, 0.4) is 0 Å². The highest BCUT2D eigenvalue weighted by Gasteiger charge is 2.26. The molecule has 1 aliphatic carbocycles. The molecule has 0 aliphatic heterocycles. The average molecular weight is 2090 g/mol. The second-order valence-electron chi connectivity index (χ2n) is 43.6. The van der Waals surface area contributed by atoms with Crippen LogP contribution in [0.5, 0.6) is 5.75 Å². The Hall–Kier alpha value is -10.2. The summed E-state index contributed by atoms with van der Waals surface area (Å²) in [4.78, 5) is 84.4. The molecule has 0 unspecified atom stereocenters. The number of hydrogen-bond acceptors (Lipinski definition) is 26. The molecule has 0 radical (unpaired) electrons. The number of Topliss-reactive ketones (excluding diaryl/α,β-unsaturated/α-hetero) is 1. The highest BCUT2D eigenvalue weighted by Crippen LogP contribution is 2.39. The van der Waals surface area contributed by atoms with Crippen LogP contribution in [0.25, 0.3) is 60.9 Å². The molecule has 12 aromatic rings. The van der Waals surface area contributed by atoms with Gasteiger partial charge in [-0.3, -0.25) is 30.2 Å². The second kappa shape index (κ2) is 54.1. The maximum Gasteiger partial charge on any atom is 0.330 e. The maximum atomic E-state index is 13.8. The fourth-order valence-electron chi connectivity index (χ4n) is 14.9. The summed E-state index contributed by atoms with van der Waals surface area (Å²) in [6, 6.07) is 35.3. The summed E-state index contributed by atoms with van der Waals surface area (Å²) in [5.74, 6) is 1.56. The first-order valence-electron chi connectivity index (χ1n) is 49.1. The van der Waals surface area contributed by atoms with Crippen LogP contribution in [0.2, 0.25) is 0 Å². The molecule has 4 aromatic carbocycles. The normalized spacial score (nSPS) is 12.4. The van der Waals surface area contributed by atoms with Gasteiger partial charge >= 0.3 is 5.97 Å².